The van der Waals surface area contributed by atoms with Gasteiger partial charge in [0.05, 0.1) is 11.0 Å². The number of likely N-dealkylation sites (N-methyl/N-ethyl adjacent to an activating group) is 1. The predicted molar refractivity (Wildman–Crippen MR) is 69.4 cm³/mol. The molecule has 6 heteroatoms. The van der Waals surface area contributed by atoms with Crippen molar-refractivity contribution in [1.82, 2.24) is 0 Å². The van der Waals surface area contributed by atoms with Crippen molar-refractivity contribution in [3.8, 4) is 0 Å². The average molecular weight is 251 g/mol. The Balaban J connectivity index is 2.80. The van der Waals surface area contributed by atoms with E-state index >= 15 is 0 Å². The fourth-order valence-electron chi connectivity index (χ4n) is 1.61. The van der Waals surface area contributed by atoms with E-state index < -0.39 is 11.0 Å². The number of benzene rings is 1. The highest BCUT2D eigenvalue weighted by Crippen LogP contribution is 2.19. The van der Waals surface area contributed by atoms with Crippen LogP contribution in [-0.2, 0) is 4.79 Å². The number of nitrogens with zero attached hydrogens (tertiary/aromatic N) is 2. The molecule has 18 heavy (non-hydrogen) atoms. The van der Waals surface area contributed by atoms with Gasteiger partial charge in [-0.1, -0.05) is 13.3 Å². The van der Waals surface area contributed by atoms with E-state index in [1.165, 1.54) is 29.2 Å². The number of non-ortho nitro benzene ring substituents is 1. The molecule has 1 aromatic carbocycles. The number of nitro groups is 1. The summed E-state index contributed by atoms with van der Waals surface area (Å²) in [6.07, 6.45) is 1.46. The molecule has 1 rings (SSSR count). The number of hydrogen-bond acceptors (Lipinski definition) is 4. The first kappa shape index (κ1) is 14.1. The van der Waals surface area contributed by atoms with Crippen molar-refractivity contribution in [2.45, 2.75) is 25.8 Å². The minimum Gasteiger partial charge on any atom is -0.320 e. The van der Waals surface area contributed by atoms with Crippen LogP contribution in [0.1, 0.15) is 19.8 Å². The molecule has 0 aliphatic rings. The third-order valence-electron chi connectivity index (χ3n) is 2.70. The lowest BCUT2D eigenvalue weighted by Crippen LogP contribution is -2.41. The van der Waals surface area contributed by atoms with Crippen LogP contribution in [0, 0.1) is 10.1 Å². The molecule has 0 aliphatic carbocycles. The van der Waals surface area contributed by atoms with Crippen LogP contribution in [0.5, 0.6) is 0 Å². The summed E-state index contributed by atoms with van der Waals surface area (Å²) >= 11 is 0. The number of carbonyl (C=O) groups excluding carboxylic acids is 1. The van der Waals surface area contributed by atoms with Crippen molar-refractivity contribution in [3.63, 3.8) is 0 Å². The van der Waals surface area contributed by atoms with Crippen molar-refractivity contribution in [2.24, 2.45) is 5.73 Å². The summed E-state index contributed by atoms with van der Waals surface area (Å²) in [4.78, 5) is 23.4. The zero-order chi connectivity index (χ0) is 13.7. The van der Waals surface area contributed by atoms with Crippen molar-refractivity contribution < 1.29 is 9.72 Å². The van der Waals surface area contributed by atoms with Gasteiger partial charge in [0.1, 0.15) is 0 Å². The molecule has 6 nitrogen and oxygen atoms in total. The number of nitro benzene ring substituents is 1. The number of rotatable bonds is 5. The first-order chi connectivity index (χ1) is 8.47. The Hall–Kier alpha value is -1.95. The molecule has 0 aromatic heterocycles. The van der Waals surface area contributed by atoms with Gasteiger partial charge in [0, 0.05) is 24.9 Å². The largest absolute Gasteiger partial charge is 0.320 e. The molecular weight excluding hydrogens is 234 g/mol. The Labute approximate surface area is 106 Å². The topological polar surface area (TPSA) is 89.5 Å². The van der Waals surface area contributed by atoms with Gasteiger partial charge in [-0.3, -0.25) is 14.9 Å². The summed E-state index contributed by atoms with van der Waals surface area (Å²) < 4.78 is 0. The second kappa shape index (κ2) is 6.11. The molecule has 0 spiro atoms. The van der Waals surface area contributed by atoms with Crippen LogP contribution in [0.2, 0.25) is 0 Å². The number of carbonyl (C=O) groups is 1. The molecule has 0 heterocycles. The Morgan fingerprint density at radius 3 is 2.44 bits per heavy atom. The molecule has 1 amide bonds. The summed E-state index contributed by atoms with van der Waals surface area (Å²) in [5.74, 6) is -0.189. The van der Waals surface area contributed by atoms with E-state index in [0.717, 1.165) is 6.42 Å². The number of hydrogen-bond donors (Lipinski definition) is 1. The molecule has 1 atom stereocenters. The Bertz CT molecular complexity index is 431. The highest BCUT2D eigenvalue weighted by atomic mass is 16.6. The molecule has 0 radical (unpaired) electrons. The Morgan fingerprint density at radius 1 is 1.44 bits per heavy atom. The maximum absolute atomic E-state index is 11.9. The van der Waals surface area contributed by atoms with Gasteiger partial charge in [-0.2, -0.15) is 0 Å². The van der Waals surface area contributed by atoms with Crippen LogP contribution in [0.3, 0.4) is 0 Å². The van der Waals surface area contributed by atoms with Gasteiger partial charge >= 0.3 is 0 Å². The summed E-state index contributed by atoms with van der Waals surface area (Å²) in [5.41, 5.74) is 6.34. The van der Waals surface area contributed by atoms with Crippen LogP contribution in [0.15, 0.2) is 24.3 Å². The molecule has 98 valence electrons. The molecule has 0 saturated carbocycles. The van der Waals surface area contributed by atoms with Gasteiger partial charge in [0.2, 0.25) is 5.91 Å². The van der Waals surface area contributed by atoms with E-state index in [9.17, 15) is 14.9 Å². The van der Waals surface area contributed by atoms with Crippen LogP contribution >= 0.6 is 0 Å². The summed E-state index contributed by atoms with van der Waals surface area (Å²) in [7, 11) is 1.61. The Kier molecular flexibility index (Phi) is 4.79. The second-order valence-electron chi connectivity index (χ2n) is 4.07. The van der Waals surface area contributed by atoms with Gasteiger partial charge in [-0.25, -0.2) is 0 Å². The summed E-state index contributed by atoms with van der Waals surface area (Å²) in [5, 5.41) is 10.5. The first-order valence-electron chi connectivity index (χ1n) is 5.75. The monoisotopic (exact) mass is 251 g/mol. The van der Waals surface area contributed by atoms with Gasteiger partial charge in [0.25, 0.3) is 5.69 Å². The zero-order valence-electron chi connectivity index (χ0n) is 10.5. The fraction of sp³-hybridized carbons (Fsp3) is 0.417. The minimum absolute atomic E-state index is 0.00236. The third kappa shape index (κ3) is 3.27. The van der Waals surface area contributed by atoms with Gasteiger partial charge in [-0.05, 0) is 18.6 Å². The van der Waals surface area contributed by atoms with E-state index in [0.29, 0.717) is 12.1 Å². The van der Waals surface area contributed by atoms with Gasteiger partial charge < -0.3 is 10.6 Å². The zero-order valence-corrected chi connectivity index (χ0v) is 10.5. The molecular formula is C12H17N3O3. The van der Waals surface area contributed by atoms with Crippen LogP contribution in [0.4, 0.5) is 11.4 Å². The average Bonchev–Trinajstić information content (AvgIpc) is 2.37. The smallest absolute Gasteiger partial charge is 0.269 e. The van der Waals surface area contributed by atoms with Crippen molar-refractivity contribution in [3.05, 3.63) is 34.4 Å². The van der Waals surface area contributed by atoms with E-state index in [4.69, 9.17) is 5.73 Å². The lowest BCUT2D eigenvalue weighted by atomic mass is 10.1. The minimum atomic E-state index is -0.532. The molecule has 0 bridgehead atoms. The Morgan fingerprint density at radius 2 is 2.00 bits per heavy atom. The van der Waals surface area contributed by atoms with Crippen LogP contribution in [0.25, 0.3) is 0 Å². The maximum Gasteiger partial charge on any atom is 0.269 e. The fourth-order valence-corrected chi connectivity index (χ4v) is 1.61. The van der Waals surface area contributed by atoms with E-state index in [1.54, 1.807) is 7.05 Å². The van der Waals surface area contributed by atoms with Crippen molar-refractivity contribution in [2.75, 3.05) is 11.9 Å². The SMILES string of the molecule is CCC[C@@H](N)C(=O)N(C)c1ccc([N+](=O)[O-])cc1. The van der Waals surface area contributed by atoms with E-state index in [2.05, 4.69) is 0 Å². The lowest BCUT2D eigenvalue weighted by Gasteiger charge is -2.21. The van der Waals surface area contributed by atoms with Crippen LogP contribution in [-0.4, -0.2) is 23.9 Å². The molecule has 0 unspecified atom stereocenters. The standard InChI is InChI=1S/C12H17N3O3/c1-3-4-11(13)12(16)14(2)9-5-7-10(8-6-9)15(17)18/h5-8,11H,3-4,13H2,1-2H3/t11-/m1/s1. The summed E-state index contributed by atoms with van der Waals surface area (Å²) in [6.45, 7) is 1.96. The third-order valence-corrected chi connectivity index (χ3v) is 2.70. The van der Waals surface area contributed by atoms with Gasteiger partial charge in [0.15, 0.2) is 0 Å². The number of nitrogens with two attached hydrogens (primary N) is 1. The van der Waals surface area contributed by atoms with E-state index in [1.807, 2.05) is 6.92 Å². The highest BCUT2D eigenvalue weighted by molar-refractivity contribution is 5.96. The molecule has 0 fully saturated rings. The first-order valence-corrected chi connectivity index (χ1v) is 5.75. The lowest BCUT2D eigenvalue weighted by molar-refractivity contribution is -0.384. The quantitative estimate of drug-likeness (QED) is 0.637. The second-order valence-corrected chi connectivity index (χ2v) is 4.07. The maximum atomic E-state index is 11.9. The molecule has 0 aliphatic heterocycles. The normalized spacial score (nSPS) is 11.9. The van der Waals surface area contributed by atoms with Gasteiger partial charge in [-0.15, -0.1) is 0 Å². The number of anilines is 1. The molecule has 1 aromatic rings. The highest BCUT2D eigenvalue weighted by Gasteiger charge is 2.18. The van der Waals surface area contributed by atoms with Crippen molar-refractivity contribution >= 4 is 17.3 Å². The summed E-state index contributed by atoms with van der Waals surface area (Å²) in [6, 6.07) is 5.27. The van der Waals surface area contributed by atoms with Crippen LogP contribution < -0.4 is 10.6 Å². The molecule has 0 saturated heterocycles. The van der Waals surface area contributed by atoms with Crippen molar-refractivity contribution in [1.29, 1.82) is 0 Å². The number of amides is 1. The van der Waals surface area contributed by atoms with E-state index in [-0.39, 0.29) is 11.6 Å². The molecule has 2 N–H and O–H groups in total. The predicted octanol–water partition coefficient (Wildman–Crippen LogP) is 1.68.